The molecule has 0 saturated heterocycles. The zero-order valence-electron chi connectivity index (χ0n) is 13.1. The average molecular weight is 354 g/mol. The van der Waals surface area contributed by atoms with Crippen molar-refractivity contribution in [1.29, 1.82) is 0 Å². The van der Waals surface area contributed by atoms with Crippen LogP contribution >= 0.6 is 12.4 Å². The molecule has 9 heteroatoms. The van der Waals surface area contributed by atoms with Crippen molar-refractivity contribution in [2.45, 2.75) is 19.5 Å². The highest BCUT2D eigenvalue weighted by atomic mass is 35.5. The molecule has 0 aliphatic carbocycles. The molecule has 1 amide bonds. The molecular formula is C15H20ClN5O3. The van der Waals surface area contributed by atoms with E-state index >= 15 is 0 Å². The fourth-order valence-corrected chi connectivity index (χ4v) is 2.15. The standard InChI is InChI=1S/C15H19N5O3.ClH/c16-7-4-8-18(10-13-5-2-1-3-6-13)15(21)12-19-11-14(9-17-19)20(22)23;/h1-3,5-6,9,11H,4,7-8,10,12,16H2;1H. The molecule has 0 unspecified atom stereocenters. The maximum atomic E-state index is 12.5. The monoisotopic (exact) mass is 353 g/mol. The Labute approximate surface area is 145 Å². The lowest BCUT2D eigenvalue weighted by atomic mass is 10.2. The van der Waals surface area contributed by atoms with Crippen LogP contribution in [0.15, 0.2) is 42.7 Å². The summed E-state index contributed by atoms with van der Waals surface area (Å²) in [5.41, 5.74) is 6.42. The molecule has 0 aliphatic rings. The zero-order chi connectivity index (χ0) is 16.7. The molecule has 1 heterocycles. The van der Waals surface area contributed by atoms with E-state index in [1.165, 1.54) is 10.9 Å². The number of hydrogen-bond acceptors (Lipinski definition) is 5. The molecule has 0 saturated carbocycles. The summed E-state index contributed by atoms with van der Waals surface area (Å²) in [7, 11) is 0. The molecule has 1 aromatic carbocycles. The lowest BCUT2D eigenvalue weighted by Crippen LogP contribution is -2.35. The van der Waals surface area contributed by atoms with Crippen LogP contribution < -0.4 is 5.73 Å². The molecule has 2 rings (SSSR count). The molecule has 130 valence electrons. The number of rotatable bonds is 8. The third kappa shape index (κ3) is 5.64. The van der Waals surface area contributed by atoms with Crippen LogP contribution in [0, 0.1) is 10.1 Å². The molecule has 0 atom stereocenters. The number of carbonyl (C=O) groups excluding carboxylic acids is 1. The van der Waals surface area contributed by atoms with Crippen LogP contribution in [0.3, 0.4) is 0 Å². The van der Waals surface area contributed by atoms with E-state index in [9.17, 15) is 14.9 Å². The second kappa shape index (κ2) is 9.64. The van der Waals surface area contributed by atoms with Crippen molar-refractivity contribution in [1.82, 2.24) is 14.7 Å². The summed E-state index contributed by atoms with van der Waals surface area (Å²) in [6.45, 7) is 1.47. The molecule has 2 aromatic rings. The van der Waals surface area contributed by atoms with E-state index in [1.54, 1.807) is 4.90 Å². The van der Waals surface area contributed by atoms with Gasteiger partial charge in [0.05, 0.1) is 4.92 Å². The first-order valence-corrected chi connectivity index (χ1v) is 7.28. The van der Waals surface area contributed by atoms with Gasteiger partial charge in [-0.25, -0.2) is 0 Å². The quantitative estimate of drug-likeness (QED) is 0.572. The predicted octanol–water partition coefficient (Wildman–Crippen LogP) is 1.59. The topological polar surface area (TPSA) is 107 Å². The van der Waals surface area contributed by atoms with E-state index in [1.807, 2.05) is 30.3 Å². The zero-order valence-corrected chi connectivity index (χ0v) is 13.9. The summed E-state index contributed by atoms with van der Waals surface area (Å²) >= 11 is 0. The molecule has 24 heavy (non-hydrogen) atoms. The van der Waals surface area contributed by atoms with Crippen molar-refractivity contribution in [3.05, 3.63) is 58.4 Å². The average Bonchev–Trinajstić information content (AvgIpc) is 3.01. The van der Waals surface area contributed by atoms with Gasteiger partial charge in [0.2, 0.25) is 5.91 Å². The fraction of sp³-hybridized carbons (Fsp3) is 0.333. The summed E-state index contributed by atoms with van der Waals surface area (Å²) in [6, 6.07) is 9.64. The predicted molar refractivity (Wildman–Crippen MR) is 91.7 cm³/mol. The summed E-state index contributed by atoms with van der Waals surface area (Å²) < 4.78 is 1.28. The minimum Gasteiger partial charge on any atom is -0.337 e. The SMILES string of the molecule is Cl.NCCCN(Cc1ccccc1)C(=O)Cn1cc([N+](=O)[O-])cn1. The van der Waals surface area contributed by atoms with Crippen molar-refractivity contribution in [2.24, 2.45) is 5.73 Å². The Morgan fingerprint density at radius 2 is 2.04 bits per heavy atom. The number of nitrogens with zero attached hydrogens (tertiary/aromatic N) is 4. The van der Waals surface area contributed by atoms with Gasteiger partial charge in [0.1, 0.15) is 18.9 Å². The van der Waals surface area contributed by atoms with Gasteiger partial charge in [0.25, 0.3) is 0 Å². The molecule has 1 aromatic heterocycles. The third-order valence-corrected chi connectivity index (χ3v) is 3.33. The van der Waals surface area contributed by atoms with Gasteiger partial charge in [-0.2, -0.15) is 5.10 Å². The van der Waals surface area contributed by atoms with E-state index in [0.717, 1.165) is 11.8 Å². The maximum Gasteiger partial charge on any atom is 0.307 e. The summed E-state index contributed by atoms with van der Waals surface area (Å²) in [6.07, 6.45) is 3.08. The van der Waals surface area contributed by atoms with Crippen LogP contribution in [0.2, 0.25) is 0 Å². The molecule has 2 N–H and O–H groups in total. The Morgan fingerprint density at radius 3 is 2.62 bits per heavy atom. The number of nitrogens with two attached hydrogens (primary N) is 1. The van der Waals surface area contributed by atoms with Crippen LogP contribution in [0.4, 0.5) is 5.69 Å². The molecule has 0 aliphatic heterocycles. The van der Waals surface area contributed by atoms with Crippen molar-refractivity contribution in [2.75, 3.05) is 13.1 Å². The summed E-state index contributed by atoms with van der Waals surface area (Å²) in [5, 5.41) is 14.5. The minimum absolute atomic E-state index is 0. The first-order valence-electron chi connectivity index (χ1n) is 7.28. The number of amides is 1. The lowest BCUT2D eigenvalue weighted by molar-refractivity contribution is -0.385. The van der Waals surface area contributed by atoms with E-state index in [-0.39, 0.29) is 30.5 Å². The highest BCUT2D eigenvalue weighted by Crippen LogP contribution is 2.10. The fourth-order valence-electron chi connectivity index (χ4n) is 2.15. The van der Waals surface area contributed by atoms with Gasteiger partial charge in [0, 0.05) is 13.1 Å². The van der Waals surface area contributed by atoms with E-state index in [4.69, 9.17) is 5.73 Å². The second-order valence-corrected chi connectivity index (χ2v) is 5.10. The van der Waals surface area contributed by atoms with E-state index in [0.29, 0.717) is 26.1 Å². The normalized spacial score (nSPS) is 10.0. The Hall–Kier alpha value is -2.45. The highest BCUT2D eigenvalue weighted by molar-refractivity contribution is 5.85. The van der Waals surface area contributed by atoms with Gasteiger partial charge in [-0.3, -0.25) is 19.6 Å². The number of halogens is 1. The molecule has 0 bridgehead atoms. The number of carbonyl (C=O) groups is 1. The molecular weight excluding hydrogens is 334 g/mol. The summed E-state index contributed by atoms with van der Waals surface area (Å²) in [5.74, 6) is -0.152. The van der Waals surface area contributed by atoms with Gasteiger partial charge in [-0.05, 0) is 18.5 Å². The first-order chi connectivity index (χ1) is 11.1. The maximum absolute atomic E-state index is 12.5. The van der Waals surface area contributed by atoms with Crippen molar-refractivity contribution in [3.63, 3.8) is 0 Å². The highest BCUT2D eigenvalue weighted by Gasteiger charge is 2.16. The number of benzene rings is 1. The van der Waals surface area contributed by atoms with Gasteiger partial charge in [-0.1, -0.05) is 30.3 Å². The first kappa shape index (κ1) is 19.6. The Balaban J connectivity index is 0.00000288. The van der Waals surface area contributed by atoms with Crippen LogP contribution in [-0.4, -0.2) is 38.6 Å². The Morgan fingerprint density at radius 1 is 1.33 bits per heavy atom. The minimum atomic E-state index is -0.538. The smallest absolute Gasteiger partial charge is 0.307 e. The van der Waals surface area contributed by atoms with Gasteiger partial charge < -0.3 is 10.6 Å². The molecule has 0 spiro atoms. The van der Waals surface area contributed by atoms with Crippen LogP contribution in [0.5, 0.6) is 0 Å². The van der Waals surface area contributed by atoms with Gasteiger partial charge in [0.15, 0.2) is 0 Å². The van der Waals surface area contributed by atoms with Crippen molar-refractivity contribution >= 4 is 24.0 Å². The Kier molecular flexibility index (Phi) is 7.87. The molecule has 0 fully saturated rings. The largest absolute Gasteiger partial charge is 0.337 e. The Bertz CT molecular complexity index is 662. The lowest BCUT2D eigenvalue weighted by Gasteiger charge is -2.22. The summed E-state index contributed by atoms with van der Waals surface area (Å²) in [4.78, 5) is 24.3. The van der Waals surface area contributed by atoms with Crippen molar-refractivity contribution in [3.8, 4) is 0 Å². The van der Waals surface area contributed by atoms with Gasteiger partial charge >= 0.3 is 5.69 Å². The van der Waals surface area contributed by atoms with Crippen LogP contribution in [-0.2, 0) is 17.9 Å². The molecule has 0 radical (unpaired) electrons. The van der Waals surface area contributed by atoms with Crippen LogP contribution in [0.1, 0.15) is 12.0 Å². The number of aromatic nitrogens is 2. The second-order valence-electron chi connectivity index (χ2n) is 5.10. The third-order valence-electron chi connectivity index (χ3n) is 3.33. The van der Waals surface area contributed by atoms with Gasteiger partial charge in [-0.15, -0.1) is 12.4 Å². The van der Waals surface area contributed by atoms with E-state index < -0.39 is 4.92 Å². The molecule has 8 nitrogen and oxygen atoms in total. The van der Waals surface area contributed by atoms with Crippen molar-refractivity contribution < 1.29 is 9.72 Å². The van der Waals surface area contributed by atoms with Crippen LogP contribution in [0.25, 0.3) is 0 Å². The number of hydrogen-bond donors (Lipinski definition) is 1. The number of nitro groups is 1. The van der Waals surface area contributed by atoms with E-state index in [2.05, 4.69) is 5.10 Å².